The van der Waals surface area contributed by atoms with Crippen molar-refractivity contribution in [3.63, 3.8) is 0 Å². The fourth-order valence-corrected chi connectivity index (χ4v) is 2.71. The standard InChI is InChI=1S/C19H16N4O2S/c24-17(20-15-9-5-2-6-10-15)13-26-18-12-11-16(22-23-18)21-19(25)14-7-3-1-4-8-14/h1-12H,13H2,(H,20,24)(H,21,22,25). The molecule has 3 rings (SSSR count). The van der Waals surface area contributed by atoms with Gasteiger partial charge in [0.15, 0.2) is 5.82 Å². The third-order valence-electron chi connectivity index (χ3n) is 3.33. The number of para-hydroxylation sites is 1. The molecule has 0 spiro atoms. The van der Waals surface area contributed by atoms with Gasteiger partial charge < -0.3 is 10.6 Å². The van der Waals surface area contributed by atoms with Crippen molar-refractivity contribution in [2.75, 3.05) is 16.4 Å². The quantitative estimate of drug-likeness (QED) is 0.655. The third kappa shape index (κ3) is 5.15. The van der Waals surface area contributed by atoms with Gasteiger partial charge >= 0.3 is 0 Å². The Morgan fingerprint density at radius 2 is 1.50 bits per heavy atom. The van der Waals surface area contributed by atoms with E-state index in [4.69, 9.17) is 0 Å². The SMILES string of the molecule is O=C(CSc1ccc(NC(=O)c2ccccc2)nn1)Nc1ccccc1. The van der Waals surface area contributed by atoms with Crippen molar-refractivity contribution in [1.82, 2.24) is 10.2 Å². The average Bonchev–Trinajstić information content (AvgIpc) is 2.69. The summed E-state index contributed by atoms with van der Waals surface area (Å²) in [6.45, 7) is 0. The smallest absolute Gasteiger partial charge is 0.256 e. The van der Waals surface area contributed by atoms with E-state index < -0.39 is 0 Å². The summed E-state index contributed by atoms with van der Waals surface area (Å²) >= 11 is 1.27. The number of nitrogens with one attached hydrogen (secondary N) is 2. The topological polar surface area (TPSA) is 84.0 Å². The molecule has 0 fully saturated rings. The number of carbonyl (C=O) groups is 2. The Hall–Kier alpha value is -3.19. The lowest BCUT2D eigenvalue weighted by atomic mass is 10.2. The minimum Gasteiger partial charge on any atom is -0.325 e. The van der Waals surface area contributed by atoms with Crippen LogP contribution in [-0.4, -0.2) is 27.8 Å². The van der Waals surface area contributed by atoms with Crippen LogP contribution in [0.1, 0.15) is 10.4 Å². The molecule has 2 aromatic carbocycles. The molecule has 0 saturated carbocycles. The monoisotopic (exact) mass is 364 g/mol. The molecule has 0 saturated heterocycles. The average molecular weight is 364 g/mol. The number of nitrogens with zero attached hydrogens (tertiary/aromatic N) is 2. The molecular formula is C19H16N4O2S. The van der Waals surface area contributed by atoms with Gasteiger partial charge in [-0.1, -0.05) is 48.2 Å². The lowest BCUT2D eigenvalue weighted by Crippen LogP contribution is -2.14. The fourth-order valence-electron chi connectivity index (χ4n) is 2.10. The number of thioether (sulfide) groups is 1. The maximum atomic E-state index is 12.1. The minimum atomic E-state index is -0.248. The van der Waals surface area contributed by atoms with Crippen molar-refractivity contribution in [1.29, 1.82) is 0 Å². The van der Waals surface area contributed by atoms with Crippen molar-refractivity contribution in [2.45, 2.75) is 5.03 Å². The highest BCUT2D eigenvalue weighted by Crippen LogP contribution is 2.16. The van der Waals surface area contributed by atoms with Gasteiger partial charge in [-0.05, 0) is 36.4 Å². The Labute approximate surface area is 155 Å². The maximum Gasteiger partial charge on any atom is 0.256 e. The van der Waals surface area contributed by atoms with Crippen LogP contribution in [0.15, 0.2) is 77.8 Å². The molecule has 0 aliphatic carbocycles. The summed E-state index contributed by atoms with van der Waals surface area (Å²) in [5.41, 5.74) is 1.30. The maximum absolute atomic E-state index is 12.1. The largest absolute Gasteiger partial charge is 0.325 e. The van der Waals surface area contributed by atoms with E-state index in [-0.39, 0.29) is 17.6 Å². The van der Waals surface area contributed by atoms with E-state index >= 15 is 0 Å². The molecule has 0 bridgehead atoms. The lowest BCUT2D eigenvalue weighted by Gasteiger charge is -2.06. The van der Waals surface area contributed by atoms with Gasteiger partial charge in [-0.2, -0.15) is 0 Å². The molecule has 0 aliphatic rings. The predicted molar refractivity (Wildman–Crippen MR) is 102 cm³/mol. The summed E-state index contributed by atoms with van der Waals surface area (Å²) in [5, 5.41) is 14.1. The van der Waals surface area contributed by atoms with E-state index in [1.165, 1.54) is 11.8 Å². The van der Waals surface area contributed by atoms with Crippen LogP contribution in [0, 0.1) is 0 Å². The van der Waals surface area contributed by atoms with Crippen LogP contribution in [0.2, 0.25) is 0 Å². The molecule has 2 amide bonds. The first-order valence-corrected chi connectivity index (χ1v) is 8.87. The predicted octanol–water partition coefficient (Wildman–Crippen LogP) is 3.46. The Bertz CT molecular complexity index is 871. The van der Waals surface area contributed by atoms with Gasteiger partial charge in [0.1, 0.15) is 5.03 Å². The Morgan fingerprint density at radius 1 is 0.808 bits per heavy atom. The van der Waals surface area contributed by atoms with Crippen LogP contribution in [0.3, 0.4) is 0 Å². The fraction of sp³-hybridized carbons (Fsp3) is 0.0526. The Balaban J connectivity index is 1.50. The van der Waals surface area contributed by atoms with E-state index in [1.54, 1.807) is 36.4 Å². The van der Waals surface area contributed by atoms with Crippen molar-refractivity contribution in [3.05, 3.63) is 78.4 Å². The van der Waals surface area contributed by atoms with Crippen molar-refractivity contribution in [2.24, 2.45) is 0 Å². The molecule has 26 heavy (non-hydrogen) atoms. The number of amides is 2. The van der Waals surface area contributed by atoms with Gasteiger partial charge in [0.05, 0.1) is 5.75 Å². The van der Waals surface area contributed by atoms with Crippen molar-refractivity contribution < 1.29 is 9.59 Å². The summed E-state index contributed by atoms with van der Waals surface area (Å²) in [6.07, 6.45) is 0. The van der Waals surface area contributed by atoms with Crippen LogP contribution in [-0.2, 0) is 4.79 Å². The number of anilines is 2. The van der Waals surface area contributed by atoms with Crippen LogP contribution < -0.4 is 10.6 Å². The van der Waals surface area contributed by atoms with Crippen molar-refractivity contribution >= 4 is 35.1 Å². The zero-order chi connectivity index (χ0) is 18.2. The Morgan fingerprint density at radius 3 is 2.15 bits per heavy atom. The molecule has 2 N–H and O–H groups in total. The van der Waals surface area contributed by atoms with E-state index in [1.807, 2.05) is 36.4 Å². The second-order valence-electron chi connectivity index (χ2n) is 5.28. The number of aromatic nitrogens is 2. The molecule has 0 unspecified atom stereocenters. The molecule has 3 aromatic rings. The highest BCUT2D eigenvalue weighted by Gasteiger charge is 2.08. The van der Waals surface area contributed by atoms with Crippen LogP contribution >= 0.6 is 11.8 Å². The van der Waals surface area contributed by atoms with Gasteiger partial charge in [-0.3, -0.25) is 9.59 Å². The van der Waals surface area contributed by atoms with E-state index in [9.17, 15) is 9.59 Å². The number of benzene rings is 2. The number of hydrogen-bond acceptors (Lipinski definition) is 5. The number of rotatable bonds is 6. The van der Waals surface area contributed by atoms with Gasteiger partial charge in [0.2, 0.25) is 5.91 Å². The molecule has 1 heterocycles. The first-order valence-electron chi connectivity index (χ1n) is 7.88. The van der Waals surface area contributed by atoms with Crippen molar-refractivity contribution in [3.8, 4) is 0 Å². The summed E-state index contributed by atoms with van der Waals surface area (Å²) in [4.78, 5) is 24.0. The second kappa shape index (κ2) is 8.77. The van der Waals surface area contributed by atoms with E-state index in [0.29, 0.717) is 16.4 Å². The summed E-state index contributed by atoms with van der Waals surface area (Å²) < 4.78 is 0. The molecule has 1 aromatic heterocycles. The first kappa shape index (κ1) is 17.6. The number of carbonyl (C=O) groups excluding carboxylic acids is 2. The Kier molecular flexibility index (Phi) is 5.95. The highest BCUT2D eigenvalue weighted by molar-refractivity contribution is 7.99. The molecule has 6 nitrogen and oxygen atoms in total. The van der Waals surface area contributed by atoms with E-state index in [0.717, 1.165) is 5.69 Å². The molecule has 0 aliphatic heterocycles. The van der Waals surface area contributed by atoms with Gasteiger partial charge in [0.25, 0.3) is 5.91 Å². The van der Waals surface area contributed by atoms with Gasteiger partial charge in [-0.15, -0.1) is 10.2 Å². The first-order chi connectivity index (χ1) is 12.7. The van der Waals surface area contributed by atoms with Crippen LogP contribution in [0.4, 0.5) is 11.5 Å². The molecule has 0 atom stereocenters. The summed E-state index contributed by atoms with van der Waals surface area (Å²) in [5.74, 6) is 0.211. The number of hydrogen-bond donors (Lipinski definition) is 2. The van der Waals surface area contributed by atoms with Gasteiger partial charge in [-0.25, -0.2) is 0 Å². The van der Waals surface area contributed by atoms with Crippen LogP contribution in [0.5, 0.6) is 0 Å². The molecule has 0 radical (unpaired) electrons. The third-order valence-corrected chi connectivity index (χ3v) is 4.25. The van der Waals surface area contributed by atoms with E-state index in [2.05, 4.69) is 20.8 Å². The summed E-state index contributed by atoms with van der Waals surface area (Å²) in [7, 11) is 0. The second-order valence-corrected chi connectivity index (χ2v) is 6.28. The normalized spacial score (nSPS) is 10.2. The molecular weight excluding hydrogens is 348 g/mol. The van der Waals surface area contributed by atoms with Gasteiger partial charge in [0, 0.05) is 11.3 Å². The molecule has 130 valence electrons. The zero-order valence-electron chi connectivity index (χ0n) is 13.8. The summed E-state index contributed by atoms with van der Waals surface area (Å²) in [6, 6.07) is 21.5. The highest BCUT2D eigenvalue weighted by atomic mass is 32.2. The zero-order valence-corrected chi connectivity index (χ0v) is 14.6. The molecule has 7 heteroatoms. The lowest BCUT2D eigenvalue weighted by molar-refractivity contribution is -0.113. The minimum absolute atomic E-state index is 0.121. The van der Waals surface area contributed by atoms with Crippen LogP contribution in [0.25, 0.3) is 0 Å².